The molecule has 0 aliphatic carbocycles. The average Bonchev–Trinajstić information content (AvgIpc) is 2.99. The minimum absolute atomic E-state index is 0.258. The maximum absolute atomic E-state index is 11.9. The van der Waals surface area contributed by atoms with E-state index >= 15 is 0 Å². The molecule has 1 unspecified atom stereocenters. The Hall–Kier alpha value is -2.38. The molecule has 0 saturated carbocycles. The number of nitrogens with one attached hydrogen (secondary N) is 1. The smallest absolute Gasteiger partial charge is 0.407 e. The van der Waals surface area contributed by atoms with Gasteiger partial charge >= 0.3 is 12.1 Å². The van der Waals surface area contributed by atoms with E-state index < -0.39 is 17.7 Å². The summed E-state index contributed by atoms with van der Waals surface area (Å²) < 4.78 is 10.1. The summed E-state index contributed by atoms with van der Waals surface area (Å²) in [6, 6.07) is 0. The lowest BCUT2D eigenvalue weighted by molar-refractivity contribution is 0.0519. The summed E-state index contributed by atoms with van der Waals surface area (Å²) in [4.78, 5) is 34.2. The molecule has 1 saturated heterocycles. The van der Waals surface area contributed by atoms with Crippen molar-refractivity contribution in [3.63, 3.8) is 0 Å². The number of aromatic nitrogens is 2. The van der Waals surface area contributed by atoms with E-state index in [0.717, 1.165) is 13.0 Å². The quantitative estimate of drug-likeness (QED) is 0.829. The molecule has 1 N–H and O–H groups in total. The summed E-state index contributed by atoms with van der Waals surface area (Å²) in [7, 11) is 1.34. The second kappa shape index (κ2) is 7.67. The highest BCUT2D eigenvalue weighted by atomic mass is 16.6. The molecule has 2 heterocycles. The normalized spacial score (nSPS) is 17.3. The van der Waals surface area contributed by atoms with Gasteiger partial charge in [-0.1, -0.05) is 0 Å². The van der Waals surface area contributed by atoms with Crippen molar-refractivity contribution in [2.24, 2.45) is 5.92 Å². The number of amides is 1. The van der Waals surface area contributed by atoms with E-state index in [9.17, 15) is 9.59 Å². The van der Waals surface area contributed by atoms with Gasteiger partial charge in [0.25, 0.3) is 0 Å². The van der Waals surface area contributed by atoms with Crippen molar-refractivity contribution in [3.8, 4) is 0 Å². The second-order valence-electron chi connectivity index (χ2n) is 7.13. The highest BCUT2D eigenvalue weighted by Crippen LogP contribution is 2.25. The van der Waals surface area contributed by atoms with E-state index in [4.69, 9.17) is 9.47 Å². The maximum Gasteiger partial charge on any atom is 0.407 e. The molecule has 0 aromatic carbocycles. The summed E-state index contributed by atoms with van der Waals surface area (Å²) in [5.74, 6) is 0.982. The number of nitrogens with zero attached hydrogens (tertiary/aromatic N) is 3. The summed E-state index contributed by atoms with van der Waals surface area (Å²) in [5, 5.41) is 2.80. The SMILES string of the molecule is COC(=O)c1cnc(C)nc1N1CCC(CNC(=O)OC(C)(C)C)C1. The predicted molar refractivity (Wildman–Crippen MR) is 92.7 cm³/mol. The molecule has 0 radical (unpaired) electrons. The van der Waals surface area contributed by atoms with E-state index in [1.807, 2.05) is 25.7 Å². The maximum atomic E-state index is 11.9. The van der Waals surface area contributed by atoms with Crippen molar-refractivity contribution < 1.29 is 19.1 Å². The van der Waals surface area contributed by atoms with Crippen LogP contribution in [0.5, 0.6) is 0 Å². The Morgan fingerprint density at radius 2 is 2.12 bits per heavy atom. The Morgan fingerprint density at radius 1 is 1.40 bits per heavy atom. The molecule has 1 fully saturated rings. The first-order valence-corrected chi connectivity index (χ1v) is 8.33. The van der Waals surface area contributed by atoms with Crippen molar-refractivity contribution in [2.45, 2.75) is 39.7 Å². The molecule has 1 aromatic heterocycles. The molecule has 8 nitrogen and oxygen atoms in total. The van der Waals surface area contributed by atoms with Gasteiger partial charge in [0.2, 0.25) is 0 Å². The lowest BCUT2D eigenvalue weighted by atomic mass is 10.1. The third-order valence-corrected chi connectivity index (χ3v) is 3.81. The van der Waals surface area contributed by atoms with Crippen LogP contribution in [-0.4, -0.2) is 54.4 Å². The number of carbonyl (C=O) groups excluding carboxylic acids is 2. The third-order valence-electron chi connectivity index (χ3n) is 3.81. The van der Waals surface area contributed by atoms with Crippen LogP contribution in [-0.2, 0) is 9.47 Å². The zero-order chi connectivity index (χ0) is 18.6. The average molecular weight is 350 g/mol. The lowest BCUT2D eigenvalue weighted by Crippen LogP contribution is -2.36. The molecular weight excluding hydrogens is 324 g/mol. The highest BCUT2D eigenvalue weighted by molar-refractivity contribution is 5.94. The number of hydrogen-bond acceptors (Lipinski definition) is 7. The van der Waals surface area contributed by atoms with Crippen LogP contribution in [0.1, 0.15) is 43.4 Å². The molecule has 1 aromatic rings. The predicted octanol–water partition coefficient (Wildman–Crippen LogP) is 1.92. The van der Waals surface area contributed by atoms with Crippen molar-refractivity contribution >= 4 is 17.9 Å². The van der Waals surface area contributed by atoms with Gasteiger partial charge in [0, 0.05) is 25.8 Å². The van der Waals surface area contributed by atoms with E-state index in [1.54, 1.807) is 6.92 Å². The summed E-state index contributed by atoms with van der Waals surface area (Å²) in [5.41, 5.74) is -0.159. The molecule has 25 heavy (non-hydrogen) atoms. The van der Waals surface area contributed by atoms with E-state index in [2.05, 4.69) is 15.3 Å². The molecule has 0 bridgehead atoms. The molecule has 8 heteroatoms. The van der Waals surface area contributed by atoms with Gasteiger partial charge in [-0.15, -0.1) is 0 Å². The summed E-state index contributed by atoms with van der Waals surface area (Å²) >= 11 is 0. The third kappa shape index (κ3) is 5.30. The second-order valence-corrected chi connectivity index (χ2v) is 7.13. The molecule has 0 spiro atoms. The van der Waals surface area contributed by atoms with E-state index in [1.165, 1.54) is 13.3 Å². The zero-order valence-corrected chi connectivity index (χ0v) is 15.5. The number of aryl methyl sites for hydroxylation is 1. The number of carbonyl (C=O) groups is 2. The first kappa shape index (κ1) is 19.0. The lowest BCUT2D eigenvalue weighted by Gasteiger charge is -2.21. The van der Waals surface area contributed by atoms with Gasteiger partial charge in [-0.25, -0.2) is 19.6 Å². The number of esters is 1. The Labute approximate surface area is 147 Å². The number of hydrogen-bond donors (Lipinski definition) is 1. The summed E-state index contributed by atoms with van der Waals surface area (Å²) in [6.07, 6.45) is 1.97. The Kier molecular flexibility index (Phi) is 5.81. The minimum atomic E-state index is -0.514. The highest BCUT2D eigenvalue weighted by Gasteiger charge is 2.28. The van der Waals surface area contributed by atoms with Gasteiger partial charge in [-0.05, 0) is 40.0 Å². The number of anilines is 1. The first-order chi connectivity index (χ1) is 11.7. The molecule has 1 atom stereocenters. The van der Waals surface area contributed by atoms with Crippen molar-refractivity contribution in [1.82, 2.24) is 15.3 Å². The van der Waals surface area contributed by atoms with Gasteiger partial charge in [0.1, 0.15) is 22.8 Å². The number of ether oxygens (including phenoxy) is 2. The topological polar surface area (TPSA) is 93.6 Å². The fourth-order valence-electron chi connectivity index (χ4n) is 2.69. The van der Waals surface area contributed by atoms with Crippen LogP contribution in [0.4, 0.5) is 10.6 Å². The first-order valence-electron chi connectivity index (χ1n) is 8.33. The Morgan fingerprint density at radius 3 is 2.76 bits per heavy atom. The van der Waals surface area contributed by atoms with Crippen LogP contribution in [0.25, 0.3) is 0 Å². The number of methoxy groups -OCH3 is 1. The largest absolute Gasteiger partial charge is 0.465 e. The fraction of sp³-hybridized carbons (Fsp3) is 0.647. The van der Waals surface area contributed by atoms with Crippen LogP contribution in [0, 0.1) is 12.8 Å². The monoisotopic (exact) mass is 350 g/mol. The van der Waals surface area contributed by atoms with Gasteiger partial charge in [0.15, 0.2) is 0 Å². The summed E-state index contributed by atoms with van der Waals surface area (Å²) in [6.45, 7) is 9.23. The van der Waals surface area contributed by atoms with Gasteiger partial charge in [0.05, 0.1) is 7.11 Å². The zero-order valence-electron chi connectivity index (χ0n) is 15.5. The van der Waals surface area contributed by atoms with Crippen molar-refractivity contribution in [2.75, 3.05) is 31.6 Å². The van der Waals surface area contributed by atoms with Crippen LogP contribution >= 0.6 is 0 Å². The van der Waals surface area contributed by atoms with Crippen LogP contribution in [0.15, 0.2) is 6.20 Å². The van der Waals surface area contributed by atoms with Gasteiger partial charge < -0.3 is 19.7 Å². The van der Waals surface area contributed by atoms with Crippen LogP contribution in [0.2, 0.25) is 0 Å². The minimum Gasteiger partial charge on any atom is -0.465 e. The standard InChI is InChI=1S/C17H26N4O4/c1-11-18-9-13(15(22)24-5)14(20-11)21-7-6-12(10-21)8-19-16(23)25-17(2,3)4/h9,12H,6-8,10H2,1-5H3,(H,19,23). The van der Waals surface area contributed by atoms with Gasteiger partial charge in [-0.2, -0.15) is 0 Å². The number of rotatable bonds is 4. The molecule has 1 aliphatic rings. The Bertz CT molecular complexity index is 642. The molecule has 2 rings (SSSR count). The van der Waals surface area contributed by atoms with Crippen molar-refractivity contribution in [1.29, 1.82) is 0 Å². The van der Waals surface area contributed by atoms with Gasteiger partial charge in [-0.3, -0.25) is 0 Å². The van der Waals surface area contributed by atoms with Crippen LogP contribution < -0.4 is 10.2 Å². The van der Waals surface area contributed by atoms with Crippen molar-refractivity contribution in [3.05, 3.63) is 17.6 Å². The molecule has 1 amide bonds. The molecule has 1 aliphatic heterocycles. The molecular formula is C17H26N4O4. The van der Waals surface area contributed by atoms with E-state index in [0.29, 0.717) is 30.3 Å². The van der Waals surface area contributed by atoms with Crippen LogP contribution in [0.3, 0.4) is 0 Å². The fourth-order valence-corrected chi connectivity index (χ4v) is 2.69. The Balaban J connectivity index is 1.98. The molecule has 138 valence electrons. The van der Waals surface area contributed by atoms with E-state index in [-0.39, 0.29) is 5.92 Å². The number of alkyl carbamates (subject to hydrolysis) is 1.